The SMILES string of the molecule is COCCC(=O)CCCCCNC(=O)C(CCCCNC(=O)CCCCCO[C@@H]1OC(CO)[C@H](O)[C@H](O)C1C)CC(=O)C(CCCCNC(=O)CCCCCO[C@@H]1OC(CO)[C@H](O)[C@H](O)C1C)NC(=O)CCCCCO[C@@H]1OC(CO)[C@H](O)[C@H](O)C1C. The lowest BCUT2D eigenvalue weighted by atomic mass is 9.91. The van der Waals surface area contributed by atoms with Crippen LogP contribution in [0.15, 0.2) is 0 Å². The van der Waals surface area contributed by atoms with Gasteiger partial charge in [0.2, 0.25) is 23.6 Å². The van der Waals surface area contributed by atoms with E-state index >= 15 is 0 Å². The van der Waals surface area contributed by atoms with E-state index in [0.717, 1.165) is 0 Å². The number of unbranched alkanes of at least 4 members (excludes halogenated alkanes) is 10. The van der Waals surface area contributed by atoms with Crippen LogP contribution < -0.4 is 21.3 Å². The third-order valence-electron chi connectivity index (χ3n) is 16.7. The molecule has 3 heterocycles. The molecule has 3 aliphatic heterocycles. The molecular weight excluding hydrogens is 1140 g/mol. The van der Waals surface area contributed by atoms with E-state index in [0.29, 0.717) is 161 Å². The summed E-state index contributed by atoms with van der Waals surface area (Å²) in [5.74, 6) is -3.42. The average molecular weight is 1250 g/mol. The van der Waals surface area contributed by atoms with Gasteiger partial charge in [-0.2, -0.15) is 0 Å². The number of ether oxygens (including phenoxy) is 7. The van der Waals surface area contributed by atoms with Gasteiger partial charge >= 0.3 is 0 Å². The highest BCUT2D eigenvalue weighted by Gasteiger charge is 2.45. The summed E-state index contributed by atoms with van der Waals surface area (Å²) in [5.41, 5.74) is 0. The number of carbonyl (C=O) groups is 6. The van der Waals surface area contributed by atoms with E-state index in [1.54, 1.807) is 27.9 Å². The third kappa shape index (κ3) is 29.6. The first kappa shape index (κ1) is 77.8. The normalized spacial score (nSPS) is 28.1. The summed E-state index contributed by atoms with van der Waals surface area (Å²) < 4.78 is 39.2. The van der Waals surface area contributed by atoms with Crippen LogP contribution in [0.1, 0.15) is 175 Å². The van der Waals surface area contributed by atoms with Crippen LogP contribution in [-0.4, -0.2) is 234 Å². The van der Waals surface area contributed by atoms with Crippen molar-refractivity contribution in [2.24, 2.45) is 23.7 Å². The molecule has 3 saturated heterocycles. The minimum atomic E-state index is -1.24. The van der Waals surface area contributed by atoms with Crippen molar-refractivity contribution in [2.75, 3.05) is 73.0 Å². The van der Waals surface area contributed by atoms with Gasteiger partial charge in [0.25, 0.3) is 0 Å². The highest BCUT2D eigenvalue weighted by Crippen LogP contribution is 2.30. The fourth-order valence-electron chi connectivity index (χ4n) is 10.8. The van der Waals surface area contributed by atoms with Gasteiger partial charge < -0.3 is 100 Å². The van der Waals surface area contributed by atoms with Crippen molar-refractivity contribution in [3.05, 3.63) is 0 Å². The average Bonchev–Trinajstić information content (AvgIpc) is 1.56. The summed E-state index contributed by atoms with van der Waals surface area (Å²) in [6.07, 6.45) is -1.03. The van der Waals surface area contributed by atoms with E-state index in [1.165, 1.54) is 0 Å². The van der Waals surface area contributed by atoms with Crippen LogP contribution in [0.5, 0.6) is 0 Å². The molecule has 3 fully saturated rings. The van der Waals surface area contributed by atoms with Gasteiger partial charge in [0.15, 0.2) is 24.7 Å². The highest BCUT2D eigenvalue weighted by atomic mass is 16.7. The first-order valence-electron chi connectivity index (χ1n) is 32.1. The minimum Gasteiger partial charge on any atom is -0.394 e. The van der Waals surface area contributed by atoms with E-state index in [4.69, 9.17) is 33.2 Å². The molecule has 13 N–H and O–H groups in total. The number of carbonyl (C=O) groups excluding carboxylic acids is 6. The second-order valence-electron chi connectivity index (χ2n) is 23.8. The van der Waals surface area contributed by atoms with Gasteiger partial charge in [-0.1, -0.05) is 52.9 Å². The molecule has 0 bridgehead atoms. The molecule has 0 aromatic rings. The number of rotatable bonds is 48. The predicted octanol–water partition coefficient (Wildman–Crippen LogP) is 0.858. The number of ketones is 2. The zero-order valence-corrected chi connectivity index (χ0v) is 52.2. The van der Waals surface area contributed by atoms with Gasteiger partial charge in [-0.25, -0.2) is 0 Å². The molecule has 0 radical (unpaired) electrons. The monoisotopic (exact) mass is 1250 g/mol. The molecule has 3 rings (SSSR count). The summed E-state index contributed by atoms with van der Waals surface area (Å²) in [4.78, 5) is 79.3. The Morgan fingerprint density at radius 2 is 0.805 bits per heavy atom. The molecule has 8 unspecified atom stereocenters. The first-order valence-corrected chi connectivity index (χ1v) is 32.1. The Morgan fingerprint density at radius 3 is 1.23 bits per heavy atom. The molecule has 4 amide bonds. The van der Waals surface area contributed by atoms with Gasteiger partial charge in [-0.3, -0.25) is 28.8 Å². The van der Waals surface area contributed by atoms with E-state index in [2.05, 4.69) is 21.3 Å². The number of hydrogen-bond acceptors (Lipinski definition) is 22. The number of aliphatic hydroxyl groups excluding tert-OH is 9. The highest BCUT2D eigenvalue weighted by molar-refractivity contribution is 5.92. The molecule has 0 aromatic heterocycles. The van der Waals surface area contributed by atoms with Gasteiger partial charge in [-0.15, -0.1) is 0 Å². The third-order valence-corrected chi connectivity index (χ3v) is 16.7. The fourth-order valence-corrected chi connectivity index (χ4v) is 10.8. The Labute approximate surface area is 514 Å². The Hall–Kier alpha value is -3.42. The van der Waals surface area contributed by atoms with Gasteiger partial charge in [-0.05, 0) is 83.5 Å². The smallest absolute Gasteiger partial charge is 0.223 e. The Balaban J connectivity index is 1.54. The second-order valence-corrected chi connectivity index (χ2v) is 23.8. The van der Waals surface area contributed by atoms with Gasteiger partial charge in [0.05, 0.1) is 50.8 Å². The van der Waals surface area contributed by atoms with Crippen LogP contribution in [0, 0.1) is 23.7 Å². The predicted molar refractivity (Wildman–Crippen MR) is 316 cm³/mol. The number of nitrogens with one attached hydrogen (secondary N) is 4. The van der Waals surface area contributed by atoms with Crippen LogP contribution in [0.2, 0.25) is 0 Å². The van der Waals surface area contributed by atoms with Crippen LogP contribution in [0.4, 0.5) is 0 Å². The molecule has 0 aromatic carbocycles. The number of amides is 4. The number of methoxy groups -OCH3 is 1. The molecule has 26 heteroatoms. The van der Waals surface area contributed by atoms with Crippen molar-refractivity contribution in [3.63, 3.8) is 0 Å². The lowest BCUT2D eigenvalue weighted by molar-refractivity contribution is -0.282. The van der Waals surface area contributed by atoms with Crippen molar-refractivity contribution in [3.8, 4) is 0 Å². The molecule has 0 spiro atoms. The number of aliphatic hydroxyl groups is 9. The minimum absolute atomic E-state index is 0.104. The van der Waals surface area contributed by atoms with E-state index in [9.17, 15) is 74.7 Å². The summed E-state index contributed by atoms with van der Waals surface area (Å²) in [5, 5.41) is 102. The molecule has 0 saturated carbocycles. The maximum absolute atomic E-state index is 14.3. The van der Waals surface area contributed by atoms with Gasteiger partial charge in [0.1, 0.15) is 42.4 Å². The zero-order chi connectivity index (χ0) is 64.1. The molecule has 87 heavy (non-hydrogen) atoms. The standard InChI is InChI=1S/C61H110N4O22/c1-39-52(74)55(77)46(36-66)85-59(39)82-31-18-6-10-24-49(71)62-28-16-13-21-42(58(80)64-30-15-5-9-22-43(69)27-34-81-4)35-45(70)44(65-51(73)26-12-8-20-33-84-61-41(3)54(76)57(79)48(38-68)87-61)23-14-17-29-63-50(72)25-11-7-19-32-83-60-40(2)53(75)56(78)47(37-67)86-60/h39-42,44,46-48,52-57,59-61,66-68,74-79H,5-38H2,1-4H3,(H,62,71)(H,63,72)(H,64,80)(H,65,73)/t39?,40?,41?,42?,44?,46?,47?,48?,52-,53-,54-,55+,56+,57+,59-,60-,61-/m1/s1. The summed E-state index contributed by atoms with van der Waals surface area (Å²) in [6, 6.07) is -0.920. The largest absolute Gasteiger partial charge is 0.394 e. The number of Topliss-reactive ketones (excluding diaryl/α,β-unsaturated/α-hetero) is 2. The zero-order valence-electron chi connectivity index (χ0n) is 52.2. The second kappa shape index (κ2) is 44.9. The molecule has 17 atom stereocenters. The lowest BCUT2D eigenvalue weighted by Gasteiger charge is -2.40. The van der Waals surface area contributed by atoms with Crippen molar-refractivity contribution >= 4 is 35.2 Å². The maximum atomic E-state index is 14.3. The van der Waals surface area contributed by atoms with Crippen molar-refractivity contribution < 1.29 is 108 Å². The molecule has 0 aliphatic carbocycles. The molecular formula is C61H110N4O22. The van der Waals surface area contributed by atoms with E-state index in [-0.39, 0.29) is 73.9 Å². The summed E-state index contributed by atoms with van der Waals surface area (Å²) in [6.45, 7) is 5.89. The van der Waals surface area contributed by atoms with E-state index < -0.39 is 123 Å². The molecule has 506 valence electrons. The van der Waals surface area contributed by atoms with Crippen LogP contribution in [0.3, 0.4) is 0 Å². The Morgan fingerprint density at radius 1 is 0.425 bits per heavy atom. The van der Waals surface area contributed by atoms with Crippen molar-refractivity contribution in [1.82, 2.24) is 21.3 Å². The van der Waals surface area contributed by atoms with Crippen molar-refractivity contribution in [1.29, 1.82) is 0 Å². The van der Waals surface area contributed by atoms with Crippen LogP contribution in [0.25, 0.3) is 0 Å². The number of hydrogen-bond donors (Lipinski definition) is 13. The Bertz CT molecular complexity index is 1920. The topological polar surface area (TPSA) is 397 Å². The van der Waals surface area contributed by atoms with Gasteiger partial charge in [0, 0.05) is 109 Å². The quantitative estimate of drug-likeness (QED) is 0.0376. The maximum Gasteiger partial charge on any atom is 0.223 e. The summed E-state index contributed by atoms with van der Waals surface area (Å²) in [7, 11) is 1.54. The molecule has 3 aliphatic rings. The first-order chi connectivity index (χ1) is 41.8. The molecule has 26 nitrogen and oxygen atoms in total. The Kier molecular flexibility index (Phi) is 40.2. The fraction of sp³-hybridized carbons (Fsp3) is 0.902. The lowest BCUT2D eigenvalue weighted by Crippen LogP contribution is -2.55. The van der Waals surface area contributed by atoms with Crippen LogP contribution >= 0.6 is 0 Å². The van der Waals surface area contributed by atoms with E-state index in [1.807, 2.05) is 0 Å². The van der Waals surface area contributed by atoms with Crippen molar-refractivity contribution in [2.45, 2.75) is 255 Å². The summed E-state index contributed by atoms with van der Waals surface area (Å²) >= 11 is 0. The van der Waals surface area contributed by atoms with Crippen LogP contribution in [-0.2, 0) is 61.9 Å².